The highest BCUT2D eigenvalue weighted by Gasteiger charge is 2.56. The van der Waals surface area contributed by atoms with Crippen molar-refractivity contribution in [3.8, 4) is 0 Å². The number of aliphatic hydroxyl groups excluding tert-OH is 2. The molecular weight excluding hydrogens is 220 g/mol. The van der Waals surface area contributed by atoms with Crippen LogP contribution >= 0.6 is 0 Å². The highest BCUT2D eigenvalue weighted by atomic mass is 16.3. The standard InChI is InChI=1S/C11H14N4O2/c1-6-12-3-8-9(13-6)15-10(14-8)11(5-17)2-7(11)4-16/h3,7,16-17H,2,4-5H2,1H3,(H,12,13,14,15). The van der Waals surface area contributed by atoms with Gasteiger partial charge in [0.2, 0.25) is 0 Å². The fourth-order valence-electron chi connectivity index (χ4n) is 2.31. The maximum atomic E-state index is 9.48. The molecule has 1 fully saturated rings. The first-order chi connectivity index (χ1) is 8.19. The van der Waals surface area contributed by atoms with Crippen molar-refractivity contribution < 1.29 is 10.2 Å². The first-order valence-electron chi connectivity index (χ1n) is 5.61. The van der Waals surface area contributed by atoms with E-state index in [2.05, 4.69) is 19.9 Å². The molecular formula is C11H14N4O2. The Balaban J connectivity index is 2.07. The molecule has 90 valence electrons. The summed E-state index contributed by atoms with van der Waals surface area (Å²) in [6, 6.07) is 0. The quantitative estimate of drug-likeness (QED) is 0.689. The van der Waals surface area contributed by atoms with Crippen LogP contribution in [0, 0.1) is 12.8 Å². The van der Waals surface area contributed by atoms with E-state index in [1.54, 1.807) is 6.20 Å². The Morgan fingerprint density at radius 2 is 2.29 bits per heavy atom. The first kappa shape index (κ1) is 10.6. The van der Waals surface area contributed by atoms with Crippen LogP contribution in [0.15, 0.2) is 6.20 Å². The van der Waals surface area contributed by atoms with Crippen LogP contribution in [0.3, 0.4) is 0 Å². The van der Waals surface area contributed by atoms with Crippen LogP contribution in [-0.4, -0.2) is 43.4 Å². The lowest BCUT2D eigenvalue weighted by Crippen LogP contribution is -2.18. The summed E-state index contributed by atoms with van der Waals surface area (Å²) in [5.41, 5.74) is 0.967. The van der Waals surface area contributed by atoms with Crippen molar-refractivity contribution in [2.45, 2.75) is 18.8 Å². The third-order valence-corrected chi connectivity index (χ3v) is 3.57. The number of aromatic nitrogens is 4. The SMILES string of the molecule is Cc1ncc2[nH]c(C3(CO)CC3CO)nc2n1. The summed E-state index contributed by atoms with van der Waals surface area (Å²) < 4.78 is 0. The van der Waals surface area contributed by atoms with Gasteiger partial charge in [-0.3, -0.25) is 0 Å². The zero-order chi connectivity index (χ0) is 12.0. The second-order valence-electron chi connectivity index (χ2n) is 4.64. The predicted molar refractivity (Wildman–Crippen MR) is 60.4 cm³/mol. The molecule has 2 heterocycles. The molecule has 17 heavy (non-hydrogen) atoms. The number of imidazole rings is 1. The monoisotopic (exact) mass is 234 g/mol. The van der Waals surface area contributed by atoms with Crippen LogP contribution in [-0.2, 0) is 5.41 Å². The Bertz CT molecular complexity index is 568. The molecule has 1 aliphatic carbocycles. The van der Waals surface area contributed by atoms with E-state index in [4.69, 9.17) is 0 Å². The topological polar surface area (TPSA) is 94.9 Å². The lowest BCUT2D eigenvalue weighted by Gasteiger charge is -2.09. The van der Waals surface area contributed by atoms with Gasteiger partial charge in [0.25, 0.3) is 0 Å². The van der Waals surface area contributed by atoms with Gasteiger partial charge in [-0.2, -0.15) is 0 Å². The minimum Gasteiger partial charge on any atom is -0.396 e. The first-order valence-corrected chi connectivity index (χ1v) is 5.61. The van der Waals surface area contributed by atoms with Gasteiger partial charge < -0.3 is 15.2 Å². The fourth-order valence-corrected chi connectivity index (χ4v) is 2.31. The van der Waals surface area contributed by atoms with Crippen molar-refractivity contribution in [2.24, 2.45) is 5.92 Å². The van der Waals surface area contributed by atoms with Crippen LogP contribution < -0.4 is 0 Å². The molecule has 0 saturated heterocycles. The van der Waals surface area contributed by atoms with Crippen molar-refractivity contribution in [1.82, 2.24) is 19.9 Å². The third-order valence-electron chi connectivity index (χ3n) is 3.57. The number of aliphatic hydroxyl groups is 2. The molecule has 2 atom stereocenters. The Morgan fingerprint density at radius 3 is 2.94 bits per heavy atom. The number of hydrogen-bond donors (Lipinski definition) is 3. The van der Waals surface area contributed by atoms with Gasteiger partial charge in [-0.15, -0.1) is 0 Å². The van der Waals surface area contributed by atoms with Gasteiger partial charge >= 0.3 is 0 Å². The van der Waals surface area contributed by atoms with Crippen LogP contribution in [0.2, 0.25) is 0 Å². The van der Waals surface area contributed by atoms with E-state index in [0.717, 1.165) is 11.9 Å². The lowest BCUT2D eigenvalue weighted by atomic mass is 10.1. The fraction of sp³-hybridized carbons (Fsp3) is 0.545. The van der Waals surface area contributed by atoms with Gasteiger partial charge in [-0.1, -0.05) is 0 Å². The van der Waals surface area contributed by atoms with Crippen LogP contribution in [0.1, 0.15) is 18.1 Å². The molecule has 3 N–H and O–H groups in total. The van der Waals surface area contributed by atoms with Crippen LogP contribution in [0.4, 0.5) is 0 Å². The summed E-state index contributed by atoms with van der Waals surface area (Å²) in [6.07, 6.45) is 2.45. The van der Waals surface area contributed by atoms with Gasteiger partial charge in [-0.25, -0.2) is 15.0 Å². The summed E-state index contributed by atoms with van der Waals surface area (Å²) in [4.78, 5) is 15.9. The number of aromatic amines is 1. The van der Waals surface area contributed by atoms with Gasteiger partial charge in [0, 0.05) is 6.61 Å². The Kier molecular flexibility index (Phi) is 2.17. The Hall–Kier alpha value is -1.53. The van der Waals surface area contributed by atoms with E-state index in [0.29, 0.717) is 17.3 Å². The number of nitrogens with one attached hydrogen (secondary N) is 1. The molecule has 3 rings (SSSR count). The Labute approximate surface area is 97.8 Å². The van der Waals surface area contributed by atoms with E-state index in [-0.39, 0.29) is 19.1 Å². The normalized spacial score (nSPS) is 27.6. The average molecular weight is 234 g/mol. The third kappa shape index (κ3) is 1.44. The van der Waals surface area contributed by atoms with Gasteiger partial charge in [0.1, 0.15) is 17.2 Å². The van der Waals surface area contributed by atoms with E-state index in [1.807, 2.05) is 6.92 Å². The van der Waals surface area contributed by atoms with Crippen molar-refractivity contribution in [3.05, 3.63) is 17.8 Å². The summed E-state index contributed by atoms with van der Waals surface area (Å²) >= 11 is 0. The van der Waals surface area contributed by atoms with Crippen molar-refractivity contribution in [2.75, 3.05) is 13.2 Å². The number of rotatable bonds is 3. The number of hydrogen-bond acceptors (Lipinski definition) is 5. The molecule has 0 amide bonds. The molecule has 6 heteroatoms. The van der Waals surface area contributed by atoms with Crippen molar-refractivity contribution in [3.63, 3.8) is 0 Å². The number of aryl methyl sites for hydroxylation is 1. The molecule has 0 radical (unpaired) electrons. The summed E-state index contributed by atoms with van der Waals surface area (Å²) in [5.74, 6) is 1.46. The number of nitrogens with zero attached hydrogens (tertiary/aromatic N) is 3. The van der Waals surface area contributed by atoms with Gasteiger partial charge in [0.15, 0.2) is 5.65 Å². The number of fused-ring (bicyclic) bond motifs is 1. The molecule has 2 aromatic rings. The maximum absolute atomic E-state index is 9.48. The van der Waals surface area contributed by atoms with E-state index in [1.165, 1.54) is 0 Å². The molecule has 2 aromatic heterocycles. The highest BCUT2D eigenvalue weighted by Crippen LogP contribution is 2.52. The molecule has 0 spiro atoms. The Morgan fingerprint density at radius 1 is 1.47 bits per heavy atom. The van der Waals surface area contributed by atoms with E-state index in [9.17, 15) is 10.2 Å². The molecule has 6 nitrogen and oxygen atoms in total. The molecule has 1 saturated carbocycles. The smallest absolute Gasteiger partial charge is 0.181 e. The van der Waals surface area contributed by atoms with Crippen LogP contribution in [0.5, 0.6) is 0 Å². The predicted octanol–water partition coefficient (Wildman–Crippen LogP) is -0.0964. The second kappa shape index (κ2) is 3.48. The molecule has 2 unspecified atom stereocenters. The second-order valence-corrected chi connectivity index (χ2v) is 4.64. The van der Waals surface area contributed by atoms with Crippen molar-refractivity contribution >= 4 is 11.2 Å². The highest BCUT2D eigenvalue weighted by molar-refractivity contribution is 5.69. The van der Waals surface area contributed by atoms with Gasteiger partial charge in [0.05, 0.1) is 18.2 Å². The summed E-state index contributed by atoms with van der Waals surface area (Å²) in [5, 5.41) is 18.7. The zero-order valence-electron chi connectivity index (χ0n) is 9.51. The minimum atomic E-state index is -0.413. The van der Waals surface area contributed by atoms with E-state index >= 15 is 0 Å². The summed E-state index contributed by atoms with van der Waals surface area (Å²) in [7, 11) is 0. The molecule has 0 aliphatic heterocycles. The minimum absolute atomic E-state index is 0.00946. The molecule has 1 aliphatic rings. The zero-order valence-corrected chi connectivity index (χ0v) is 9.51. The molecule has 0 bridgehead atoms. The lowest BCUT2D eigenvalue weighted by molar-refractivity contribution is 0.209. The molecule has 0 aromatic carbocycles. The summed E-state index contributed by atoms with van der Waals surface area (Å²) in [6.45, 7) is 1.87. The van der Waals surface area contributed by atoms with Crippen molar-refractivity contribution in [1.29, 1.82) is 0 Å². The van der Waals surface area contributed by atoms with Gasteiger partial charge in [-0.05, 0) is 19.3 Å². The maximum Gasteiger partial charge on any atom is 0.181 e. The largest absolute Gasteiger partial charge is 0.396 e. The van der Waals surface area contributed by atoms with E-state index < -0.39 is 5.41 Å². The van der Waals surface area contributed by atoms with Crippen LogP contribution in [0.25, 0.3) is 11.2 Å². The average Bonchev–Trinajstić information content (AvgIpc) is 2.93. The number of H-pyrrole nitrogens is 1.